The zero-order valence-corrected chi connectivity index (χ0v) is 62.1. The monoisotopic (exact) mass is 1480 g/mol. The molecule has 0 atom stereocenters. The summed E-state index contributed by atoms with van der Waals surface area (Å²) in [7, 11) is 0. The number of carbonyl (C=O) groups is 9. The van der Waals surface area contributed by atoms with Gasteiger partial charge in [0.05, 0.1) is 73.2 Å². The van der Waals surface area contributed by atoms with Gasteiger partial charge in [0.25, 0.3) is 0 Å². The number of ether oxygens (including phenoxy) is 18. The van der Waals surface area contributed by atoms with Crippen LogP contribution in [-0.4, -0.2) is 204 Å². The molecule has 0 saturated heterocycles. The maximum absolute atomic E-state index is 15.9. The lowest BCUT2D eigenvalue weighted by molar-refractivity contribution is -0.145. The van der Waals surface area contributed by atoms with E-state index >= 15 is 5.11 Å². The molecule has 6 aliphatic heterocycles. The van der Waals surface area contributed by atoms with Crippen LogP contribution in [0.2, 0.25) is 0 Å². The maximum Gasteiger partial charge on any atom is 0.302 e. The molecule has 9 rings (SSSR count). The molecule has 6 aliphatic rings. The fourth-order valence-corrected chi connectivity index (χ4v) is 14.4. The summed E-state index contributed by atoms with van der Waals surface area (Å²) in [6, 6.07) is 0. The Labute approximate surface area is 595 Å². The van der Waals surface area contributed by atoms with Crippen molar-refractivity contribution >= 4 is 88.8 Å². The number of nitrogens with zero attached hydrogens (tertiary/aromatic N) is 3. The number of fused-ring (bicyclic) bond motifs is 6. The molecule has 0 radical (unpaired) electrons. The third kappa shape index (κ3) is 17.5. The molecule has 34 heteroatoms. The predicted molar refractivity (Wildman–Crippen MR) is 355 cm³/mol. The van der Waals surface area contributed by atoms with Crippen LogP contribution in [0.4, 0.5) is 0 Å². The van der Waals surface area contributed by atoms with Gasteiger partial charge in [-0.15, -0.1) is 35.3 Å². The molecule has 554 valence electrons. The van der Waals surface area contributed by atoms with Crippen molar-refractivity contribution in [3.63, 3.8) is 0 Å². The number of hydrogen-bond acceptors (Lipinski definition) is 31. The largest absolute Gasteiger partial charge is 0.464 e. The standard InChI is InChI=1S/C67H85N3O28S3/c1-34(71)81-25-19-68(20-26-82-35(2)72)40(77)31-99-58-52-46(87-61(7,8)93-52)43(47-53(58)94-62(9,10)88-47)67(80,44-48-54(95-63(11,12)89-48)59(55-49(44)90-64(13,14)96-55)100-32-41(78)69(21-27-83-36(3)73)22-28-84-37(4)74)45-50-56(97-65(15,16)91-50)60(57-51(45)92-66(17,18)98-57)101-33-42(79)70(23-29-85-38(5)75)24-30-86-39(6)76/h80H,19-33H2,1-18H3. The molecule has 3 amide bonds. The Hall–Kier alpha value is -8.50. The van der Waals surface area contributed by atoms with Gasteiger partial charge < -0.3 is 105 Å². The number of carbonyl (C=O) groups excluding carboxylic acids is 9. The summed E-state index contributed by atoms with van der Waals surface area (Å²) in [6.45, 7) is 25.0. The lowest BCUT2D eigenvalue weighted by Crippen LogP contribution is -2.38. The molecule has 1 N–H and O–H groups in total. The molecule has 0 spiro atoms. The molecule has 0 bridgehead atoms. The molecule has 0 aliphatic carbocycles. The minimum atomic E-state index is -3.03. The first-order valence-corrected chi connectivity index (χ1v) is 35.2. The van der Waals surface area contributed by atoms with Crippen LogP contribution in [0.3, 0.4) is 0 Å². The second-order valence-corrected chi connectivity index (χ2v) is 29.4. The fourth-order valence-electron chi connectivity index (χ4n) is 11.4. The maximum atomic E-state index is 15.9. The van der Waals surface area contributed by atoms with E-state index in [0.717, 1.165) is 35.3 Å². The third-order valence-corrected chi connectivity index (χ3v) is 18.3. The van der Waals surface area contributed by atoms with Crippen molar-refractivity contribution in [2.24, 2.45) is 0 Å². The van der Waals surface area contributed by atoms with E-state index in [1.165, 1.54) is 56.2 Å². The van der Waals surface area contributed by atoms with Crippen molar-refractivity contribution in [2.75, 3.05) is 96.2 Å². The van der Waals surface area contributed by atoms with Crippen LogP contribution in [0.1, 0.15) is 141 Å². The van der Waals surface area contributed by atoms with Crippen molar-refractivity contribution in [1.29, 1.82) is 0 Å². The van der Waals surface area contributed by atoms with Crippen molar-refractivity contribution in [3.05, 3.63) is 16.7 Å². The summed E-state index contributed by atoms with van der Waals surface area (Å²) < 4.78 is 114. The van der Waals surface area contributed by atoms with Gasteiger partial charge in [-0.3, -0.25) is 43.2 Å². The number of benzene rings is 3. The zero-order valence-electron chi connectivity index (χ0n) is 59.6. The summed E-state index contributed by atoms with van der Waals surface area (Å²) in [6.07, 6.45) is 0. The van der Waals surface area contributed by atoms with Crippen LogP contribution in [-0.2, 0) is 77.2 Å². The summed E-state index contributed by atoms with van der Waals surface area (Å²) in [5, 5.41) is 15.9. The van der Waals surface area contributed by atoms with E-state index in [2.05, 4.69) is 0 Å². The average molecular weight is 1480 g/mol. The minimum Gasteiger partial charge on any atom is -0.464 e. The van der Waals surface area contributed by atoms with Crippen LogP contribution in [0.5, 0.6) is 69.0 Å². The van der Waals surface area contributed by atoms with Gasteiger partial charge in [-0.1, -0.05) is 0 Å². The van der Waals surface area contributed by atoms with Crippen molar-refractivity contribution in [1.82, 2.24) is 14.7 Å². The number of esters is 6. The van der Waals surface area contributed by atoms with Crippen LogP contribution < -0.4 is 56.8 Å². The Balaban J connectivity index is 1.33. The van der Waals surface area contributed by atoms with Crippen LogP contribution in [0.15, 0.2) is 14.7 Å². The highest BCUT2D eigenvalue weighted by Gasteiger charge is 2.62. The highest BCUT2D eigenvalue weighted by atomic mass is 32.2. The third-order valence-electron chi connectivity index (χ3n) is 15.2. The van der Waals surface area contributed by atoms with Gasteiger partial charge in [0.15, 0.2) is 74.6 Å². The van der Waals surface area contributed by atoms with Gasteiger partial charge in [0, 0.05) is 125 Å². The first-order chi connectivity index (χ1) is 47.0. The topological polar surface area (TPSA) is 350 Å². The fraction of sp³-hybridized carbons (Fsp3) is 0.597. The molecule has 6 heterocycles. The Bertz CT molecular complexity index is 3250. The number of aliphatic hydroxyl groups is 1. The second kappa shape index (κ2) is 29.5. The van der Waals surface area contributed by atoms with E-state index in [9.17, 15) is 43.2 Å². The van der Waals surface area contributed by atoms with Crippen molar-refractivity contribution in [2.45, 2.75) is 180 Å². The molecule has 0 aromatic heterocycles. The van der Waals surface area contributed by atoms with Crippen LogP contribution >= 0.6 is 35.3 Å². The van der Waals surface area contributed by atoms with Crippen molar-refractivity contribution in [3.8, 4) is 69.0 Å². The van der Waals surface area contributed by atoms with Gasteiger partial charge in [0.2, 0.25) is 52.4 Å². The normalized spacial score (nSPS) is 16.8. The average Bonchev–Trinajstić information content (AvgIpc) is 1.58. The lowest BCUT2D eigenvalue weighted by atomic mass is 9.76. The van der Waals surface area contributed by atoms with E-state index < -0.39 is 93.9 Å². The van der Waals surface area contributed by atoms with E-state index in [1.807, 2.05) is 0 Å². The number of amides is 3. The highest BCUT2D eigenvalue weighted by Crippen LogP contribution is 2.73. The Morgan fingerprint density at radius 1 is 0.297 bits per heavy atom. The molecule has 3 aromatic rings. The zero-order chi connectivity index (χ0) is 74.3. The quantitative estimate of drug-likeness (QED) is 0.0299. The van der Waals surface area contributed by atoms with Gasteiger partial charge in [0.1, 0.15) is 54.3 Å². The van der Waals surface area contributed by atoms with Crippen LogP contribution in [0, 0.1) is 0 Å². The first-order valence-electron chi connectivity index (χ1n) is 32.3. The number of rotatable bonds is 30. The van der Waals surface area contributed by atoms with Gasteiger partial charge in [-0.25, -0.2) is 0 Å². The van der Waals surface area contributed by atoms with E-state index in [-0.39, 0.29) is 197 Å². The van der Waals surface area contributed by atoms with E-state index in [1.54, 1.807) is 83.1 Å². The van der Waals surface area contributed by atoms with Crippen LogP contribution in [0.25, 0.3) is 0 Å². The molecule has 0 fully saturated rings. The molecule has 101 heavy (non-hydrogen) atoms. The number of thioether (sulfide) groups is 3. The summed E-state index contributed by atoms with van der Waals surface area (Å²) >= 11 is 2.86. The molecule has 0 saturated carbocycles. The smallest absolute Gasteiger partial charge is 0.302 e. The Morgan fingerprint density at radius 2 is 0.446 bits per heavy atom. The highest BCUT2D eigenvalue weighted by molar-refractivity contribution is 8.00. The van der Waals surface area contributed by atoms with Gasteiger partial charge >= 0.3 is 35.8 Å². The summed E-state index contributed by atoms with van der Waals surface area (Å²) in [4.78, 5) is 119. The van der Waals surface area contributed by atoms with Crippen molar-refractivity contribution < 1.29 is 134 Å². The minimum absolute atomic E-state index is 0.0745. The Kier molecular flexibility index (Phi) is 22.4. The van der Waals surface area contributed by atoms with Gasteiger partial charge in [-0.2, -0.15) is 0 Å². The number of hydrogen-bond donors (Lipinski definition) is 1. The summed E-state index contributed by atoms with van der Waals surface area (Å²) in [5.41, 5.74) is -3.88. The molecule has 3 aromatic carbocycles. The molecular weight excluding hydrogens is 1390 g/mol. The molecular formula is C67H85N3O28S3. The molecule has 31 nitrogen and oxygen atoms in total. The lowest BCUT2D eigenvalue weighted by Gasteiger charge is -2.35. The van der Waals surface area contributed by atoms with E-state index in [4.69, 9.17) is 85.3 Å². The Morgan fingerprint density at radius 3 is 0.594 bits per heavy atom. The van der Waals surface area contributed by atoms with Gasteiger partial charge in [-0.05, 0) is 0 Å². The summed E-state index contributed by atoms with van der Waals surface area (Å²) in [5.74, 6) is -17.4. The molecule has 0 unspecified atom stereocenters. The first kappa shape index (κ1) is 76.7. The predicted octanol–water partition coefficient (Wildman–Crippen LogP) is 7.16. The second-order valence-electron chi connectivity index (χ2n) is 26.4. The SMILES string of the molecule is CC(=O)OCCN(CCOC(C)=O)C(=O)CSc1c2c(c(C(O)(c3c4c(c(SCC(=O)N(CCOC(C)=O)CCOC(C)=O)c5c3OC(C)(C)O5)OC(C)(C)O4)c3c4c(c(SCC(=O)N(CCOC(C)=O)CCOC(C)=O)c5c3OC(C)(C)O5)OC(C)(C)O4)c3c1OC(C)(C)O3)OC(C)(C)O2. The van der Waals surface area contributed by atoms with E-state index in [0.29, 0.717) is 0 Å².